The fourth-order valence-corrected chi connectivity index (χ4v) is 3.41. The molecule has 0 saturated carbocycles. The van der Waals surface area contributed by atoms with Crippen molar-refractivity contribution < 1.29 is 0 Å². The molecule has 4 rings (SSSR count). The molecule has 1 aliphatic rings. The number of fused-ring (bicyclic) bond motifs is 1. The van der Waals surface area contributed by atoms with E-state index in [0.29, 0.717) is 5.56 Å². The first-order valence-electron chi connectivity index (χ1n) is 8.29. The van der Waals surface area contributed by atoms with Gasteiger partial charge in [-0.15, -0.1) is 0 Å². The standard InChI is InChI=1S/C21H19N3/c22-14-17-7-9-20(10-8-17)24-12-3-6-21(24)16-23-13-11-18-4-1-2-5-19(18)15-23/h1-10,12H,11,13,15-16H2. The summed E-state index contributed by atoms with van der Waals surface area (Å²) in [7, 11) is 0. The minimum atomic E-state index is 0.695. The predicted octanol–water partition coefficient (Wildman–Crippen LogP) is 3.91. The van der Waals surface area contributed by atoms with Crippen LogP contribution in [0.5, 0.6) is 0 Å². The lowest BCUT2D eigenvalue weighted by molar-refractivity contribution is 0.241. The number of rotatable bonds is 3. The molecule has 0 N–H and O–H groups in total. The topological polar surface area (TPSA) is 32.0 Å². The summed E-state index contributed by atoms with van der Waals surface area (Å²) in [5.41, 5.74) is 6.00. The van der Waals surface area contributed by atoms with E-state index in [2.05, 4.69) is 58.1 Å². The van der Waals surface area contributed by atoms with Gasteiger partial charge in [0.1, 0.15) is 0 Å². The number of aromatic nitrogens is 1. The van der Waals surface area contributed by atoms with Gasteiger partial charge in [-0.25, -0.2) is 0 Å². The van der Waals surface area contributed by atoms with Crippen LogP contribution in [0.25, 0.3) is 5.69 Å². The van der Waals surface area contributed by atoms with Crippen LogP contribution in [0.4, 0.5) is 0 Å². The highest BCUT2D eigenvalue weighted by Gasteiger charge is 2.17. The zero-order chi connectivity index (χ0) is 16.4. The molecule has 0 unspecified atom stereocenters. The first-order chi connectivity index (χ1) is 11.8. The van der Waals surface area contributed by atoms with Crippen molar-refractivity contribution in [3.8, 4) is 11.8 Å². The Hall–Kier alpha value is -2.83. The summed E-state index contributed by atoms with van der Waals surface area (Å²) in [6.07, 6.45) is 3.21. The van der Waals surface area contributed by atoms with Crippen LogP contribution in [0.15, 0.2) is 66.9 Å². The molecule has 2 aromatic carbocycles. The van der Waals surface area contributed by atoms with E-state index in [1.807, 2.05) is 24.3 Å². The van der Waals surface area contributed by atoms with E-state index in [1.54, 1.807) is 0 Å². The molecule has 0 saturated heterocycles. The normalized spacial score (nSPS) is 14.1. The molecule has 0 bridgehead atoms. The molecule has 1 aromatic heterocycles. The molecular formula is C21H19N3. The molecule has 0 aliphatic carbocycles. The highest BCUT2D eigenvalue weighted by molar-refractivity contribution is 5.41. The molecule has 3 nitrogen and oxygen atoms in total. The van der Waals surface area contributed by atoms with Crippen LogP contribution in [-0.4, -0.2) is 16.0 Å². The summed E-state index contributed by atoms with van der Waals surface area (Å²) in [5, 5.41) is 8.95. The zero-order valence-electron chi connectivity index (χ0n) is 13.5. The van der Waals surface area contributed by atoms with E-state index in [4.69, 9.17) is 5.26 Å². The second-order valence-electron chi connectivity index (χ2n) is 6.26. The summed E-state index contributed by atoms with van der Waals surface area (Å²) < 4.78 is 2.21. The Morgan fingerprint density at radius 1 is 0.917 bits per heavy atom. The van der Waals surface area contributed by atoms with E-state index in [9.17, 15) is 0 Å². The molecule has 1 aliphatic heterocycles. The van der Waals surface area contributed by atoms with Crippen molar-refractivity contribution in [1.82, 2.24) is 9.47 Å². The summed E-state index contributed by atoms with van der Waals surface area (Å²) in [4.78, 5) is 2.50. The maximum absolute atomic E-state index is 8.95. The summed E-state index contributed by atoms with van der Waals surface area (Å²) in [6, 6.07) is 22.9. The molecule has 0 radical (unpaired) electrons. The molecule has 0 fully saturated rings. The first-order valence-corrected chi connectivity index (χ1v) is 8.29. The van der Waals surface area contributed by atoms with E-state index >= 15 is 0 Å². The van der Waals surface area contributed by atoms with Crippen molar-refractivity contribution in [1.29, 1.82) is 5.26 Å². The second kappa shape index (κ2) is 6.35. The van der Waals surface area contributed by atoms with Gasteiger partial charge in [0.15, 0.2) is 0 Å². The van der Waals surface area contributed by atoms with Crippen molar-refractivity contribution in [2.45, 2.75) is 19.5 Å². The van der Waals surface area contributed by atoms with Gasteiger partial charge in [-0.2, -0.15) is 5.26 Å². The minimum absolute atomic E-state index is 0.695. The van der Waals surface area contributed by atoms with E-state index in [1.165, 1.54) is 16.8 Å². The van der Waals surface area contributed by atoms with Gasteiger partial charge in [0.25, 0.3) is 0 Å². The lowest BCUT2D eigenvalue weighted by Gasteiger charge is -2.29. The molecule has 0 amide bonds. The average molecular weight is 313 g/mol. The fraction of sp³-hybridized carbons (Fsp3) is 0.190. The molecule has 118 valence electrons. The zero-order valence-corrected chi connectivity index (χ0v) is 13.5. The smallest absolute Gasteiger partial charge is 0.0991 e. The maximum Gasteiger partial charge on any atom is 0.0991 e. The molecule has 0 atom stereocenters. The Bertz CT molecular complexity index is 884. The van der Waals surface area contributed by atoms with E-state index in [-0.39, 0.29) is 0 Å². The van der Waals surface area contributed by atoms with Gasteiger partial charge in [-0.3, -0.25) is 4.90 Å². The van der Waals surface area contributed by atoms with Crippen LogP contribution < -0.4 is 0 Å². The van der Waals surface area contributed by atoms with Crippen molar-refractivity contribution >= 4 is 0 Å². The van der Waals surface area contributed by atoms with Crippen LogP contribution in [0.1, 0.15) is 22.4 Å². The van der Waals surface area contributed by atoms with Gasteiger partial charge in [-0.05, 0) is 53.9 Å². The van der Waals surface area contributed by atoms with Crippen molar-refractivity contribution in [2.24, 2.45) is 0 Å². The fourth-order valence-electron chi connectivity index (χ4n) is 3.41. The maximum atomic E-state index is 8.95. The lowest BCUT2D eigenvalue weighted by Crippen LogP contribution is -2.30. The number of nitrogens with zero attached hydrogens (tertiary/aromatic N) is 3. The lowest BCUT2D eigenvalue weighted by atomic mass is 10.00. The molecule has 0 spiro atoms. The van der Waals surface area contributed by atoms with Crippen LogP contribution in [0.2, 0.25) is 0 Å². The van der Waals surface area contributed by atoms with Crippen LogP contribution >= 0.6 is 0 Å². The molecular weight excluding hydrogens is 294 g/mol. The third-order valence-electron chi connectivity index (χ3n) is 4.70. The predicted molar refractivity (Wildman–Crippen MR) is 94.7 cm³/mol. The molecule has 2 heterocycles. The summed E-state index contributed by atoms with van der Waals surface area (Å²) in [5.74, 6) is 0. The van der Waals surface area contributed by atoms with Gasteiger partial charge in [0.05, 0.1) is 11.6 Å². The Kier molecular flexibility index (Phi) is 3.90. The highest BCUT2D eigenvalue weighted by Crippen LogP contribution is 2.21. The van der Waals surface area contributed by atoms with Crippen molar-refractivity contribution in [3.05, 3.63) is 89.2 Å². The Morgan fingerprint density at radius 3 is 2.50 bits per heavy atom. The highest BCUT2D eigenvalue weighted by atomic mass is 15.1. The van der Waals surface area contributed by atoms with Crippen molar-refractivity contribution in [3.63, 3.8) is 0 Å². The number of hydrogen-bond acceptors (Lipinski definition) is 2. The molecule has 3 aromatic rings. The Labute approximate surface area is 142 Å². The Balaban J connectivity index is 1.54. The summed E-state index contributed by atoms with van der Waals surface area (Å²) >= 11 is 0. The van der Waals surface area contributed by atoms with Gasteiger partial charge < -0.3 is 4.57 Å². The monoisotopic (exact) mass is 313 g/mol. The van der Waals surface area contributed by atoms with Crippen LogP contribution in [0, 0.1) is 11.3 Å². The Morgan fingerprint density at radius 2 is 1.71 bits per heavy atom. The third-order valence-corrected chi connectivity index (χ3v) is 4.70. The SMILES string of the molecule is N#Cc1ccc(-n2cccc2CN2CCc3ccccc3C2)cc1. The van der Waals surface area contributed by atoms with Gasteiger partial charge in [-0.1, -0.05) is 24.3 Å². The number of hydrogen-bond donors (Lipinski definition) is 0. The largest absolute Gasteiger partial charge is 0.320 e. The van der Waals surface area contributed by atoms with Crippen LogP contribution in [0.3, 0.4) is 0 Å². The minimum Gasteiger partial charge on any atom is -0.320 e. The van der Waals surface area contributed by atoms with Gasteiger partial charge in [0, 0.05) is 37.2 Å². The third kappa shape index (κ3) is 2.84. The van der Waals surface area contributed by atoms with Gasteiger partial charge >= 0.3 is 0 Å². The van der Waals surface area contributed by atoms with Crippen LogP contribution in [-0.2, 0) is 19.5 Å². The second-order valence-corrected chi connectivity index (χ2v) is 6.26. The van der Waals surface area contributed by atoms with Gasteiger partial charge in [0.2, 0.25) is 0 Å². The molecule has 24 heavy (non-hydrogen) atoms. The summed E-state index contributed by atoms with van der Waals surface area (Å²) in [6.45, 7) is 3.03. The quantitative estimate of drug-likeness (QED) is 0.734. The van der Waals surface area contributed by atoms with Crippen molar-refractivity contribution in [2.75, 3.05) is 6.54 Å². The number of benzene rings is 2. The van der Waals surface area contributed by atoms with E-state index < -0.39 is 0 Å². The number of nitriles is 1. The first kappa shape index (κ1) is 14.7. The average Bonchev–Trinajstić information content (AvgIpc) is 3.10. The molecule has 3 heteroatoms. The van der Waals surface area contributed by atoms with E-state index in [0.717, 1.165) is 31.7 Å².